The van der Waals surface area contributed by atoms with Gasteiger partial charge >= 0.3 is 5.97 Å². The number of nitrogens with one attached hydrogen (secondary N) is 2. The Bertz CT molecular complexity index is 600. The molecule has 9 heteroatoms. The molecule has 0 aliphatic carbocycles. The van der Waals surface area contributed by atoms with Crippen molar-refractivity contribution < 1.29 is 19.5 Å². The van der Waals surface area contributed by atoms with Gasteiger partial charge in [-0.15, -0.1) is 0 Å². The zero-order valence-electron chi connectivity index (χ0n) is 15.4. The number of ether oxygens (including phenoxy) is 1. The summed E-state index contributed by atoms with van der Waals surface area (Å²) in [6.07, 6.45) is 5.22. The first kappa shape index (κ1) is 20.1. The minimum atomic E-state index is -0.640. The maximum atomic E-state index is 12.0. The summed E-state index contributed by atoms with van der Waals surface area (Å²) in [7, 11) is 1.41. The van der Waals surface area contributed by atoms with Crippen molar-refractivity contribution in [3.8, 4) is 0 Å². The van der Waals surface area contributed by atoms with Gasteiger partial charge in [0.15, 0.2) is 0 Å². The van der Waals surface area contributed by atoms with Crippen LogP contribution in [0.4, 0.5) is 5.95 Å². The van der Waals surface area contributed by atoms with Crippen molar-refractivity contribution in [2.75, 3.05) is 25.1 Å². The monoisotopic (exact) mass is 365 g/mol. The summed E-state index contributed by atoms with van der Waals surface area (Å²) in [5, 5.41) is 12.0. The highest BCUT2D eigenvalue weighted by molar-refractivity contribution is 5.92. The first-order valence-corrected chi connectivity index (χ1v) is 8.79. The SMILES string of the molecule is COC(=O)C(CC(C)C)NC1CCN(c2ncc(C(=O)NO)cn2)CC1. The van der Waals surface area contributed by atoms with Crippen molar-refractivity contribution >= 4 is 17.8 Å². The fourth-order valence-electron chi connectivity index (χ4n) is 3.04. The molecular formula is C17H27N5O4. The fraction of sp³-hybridized carbons (Fsp3) is 0.647. The van der Waals surface area contributed by atoms with E-state index in [4.69, 9.17) is 9.94 Å². The van der Waals surface area contributed by atoms with Crippen molar-refractivity contribution in [1.29, 1.82) is 0 Å². The van der Waals surface area contributed by atoms with Crippen LogP contribution in [0.25, 0.3) is 0 Å². The highest BCUT2D eigenvalue weighted by atomic mass is 16.5. The van der Waals surface area contributed by atoms with Gasteiger partial charge in [-0.3, -0.25) is 14.8 Å². The molecule has 0 bridgehead atoms. The van der Waals surface area contributed by atoms with E-state index in [1.54, 1.807) is 5.48 Å². The molecule has 1 aromatic rings. The molecule has 1 fully saturated rings. The summed E-state index contributed by atoms with van der Waals surface area (Å²) in [5.74, 6) is 0.0834. The molecule has 0 aromatic carbocycles. The third-order valence-electron chi connectivity index (χ3n) is 4.41. The van der Waals surface area contributed by atoms with Crippen LogP contribution >= 0.6 is 0 Å². The summed E-state index contributed by atoms with van der Waals surface area (Å²) < 4.78 is 4.90. The second kappa shape index (κ2) is 9.44. The maximum absolute atomic E-state index is 12.0. The number of hydrogen-bond acceptors (Lipinski definition) is 8. The molecule has 144 valence electrons. The molecule has 2 heterocycles. The Kier molecular flexibility index (Phi) is 7.28. The van der Waals surface area contributed by atoms with Gasteiger partial charge in [-0.1, -0.05) is 13.8 Å². The summed E-state index contributed by atoms with van der Waals surface area (Å²) in [4.78, 5) is 33.7. The summed E-state index contributed by atoms with van der Waals surface area (Å²) >= 11 is 0. The molecule has 1 atom stereocenters. The lowest BCUT2D eigenvalue weighted by Gasteiger charge is -2.34. The number of hydrogen-bond donors (Lipinski definition) is 3. The van der Waals surface area contributed by atoms with Gasteiger partial charge in [0, 0.05) is 31.5 Å². The third-order valence-corrected chi connectivity index (χ3v) is 4.41. The van der Waals surface area contributed by atoms with Crippen LogP contribution < -0.4 is 15.7 Å². The summed E-state index contributed by atoms with van der Waals surface area (Å²) in [6, 6.07) is -0.0578. The van der Waals surface area contributed by atoms with Crippen LogP contribution in [-0.2, 0) is 9.53 Å². The van der Waals surface area contributed by atoms with E-state index in [-0.39, 0.29) is 23.6 Å². The zero-order valence-corrected chi connectivity index (χ0v) is 15.4. The molecule has 3 N–H and O–H groups in total. The van der Waals surface area contributed by atoms with Gasteiger partial charge in [-0.2, -0.15) is 0 Å². The number of anilines is 1. The van der Waals surface area contributed by atoms with Crippen LogP contribution in [0.2, 0.25) is 0 Å². The highest BCUT2D eigenvalue weighted by Gasteiger charge is 2.27. The van der Waals surface area contributed by atoms with Crippen LogP contribution in [0.3, 0.4) is 0 Å². The number of nitrogens with zero attached hydrogens (tertiary/aromatic N) is 3. The Balaban J connectivity index is 1.89. The molecular weight excluding hydrogens is 338 g/mol. The predicted molar refractivity (Wildman–Crippen MR) is 94.9 cm³/mol. The number of rotatable bonds is 7. The lowest BCUT2D eigenvalue weighted by atomic mass is 9.99. The number of piperidine rings is 1. The van der Waals surface area contributed by atoms with E-state index in [1.807, 2.05) is 4.90 Å². The number of hydroxylamine groups is 1. The molecule has 1 aromatic heterocycles. The van der Waals surface area contributed by atoms with Gasteiger partial charge in [0.05, 0.1) is 12.7 Å². The number of esters is 1. The van der Waals surface area contributed by atoms with Gasteiger partial charge < -0.3 is 15.0 Å². The van der Waals surface area contributed by atoms with Crippen molar-refractivity contribution in [3.05, 3.63) is 18.0 Å². The van der Waals surface area contributed by atoms with Crippen molar-refractivity contribution in [2.45, 2.75) is 45.2 Å². The van der Waals surface area contributed by atoms with E-state index in [2.05, 4.69) is 29.1 Å². The van der Waals surface area contributed by atoms with Gasteiger partial charge in [0.25, 0.3) is 5.91 Å². The minimum Gasteiger partial charge on any atom is -0.468 e. The topological polar surface area (TPSA) is 117 Å². The average Bonchev–Trinajstić information content (AvgIpc) is 2.66. The first-order chi connectivity index (χ1) is 12.4. The Morgan fingerprint density at radius 1 is 1.31 bits per heavy atom. The summed E-state index contributed by atoms with van der Waals surface area (Å²) in [6.45, 7) is 5.66. The summed E-state index contributed by atoms with van der Waals surface area (Å²) in [5.41, 5.74) is 1.75. The molecule has 0 spiro atoms. The van der Waals surface area contributed by atoms with Gasteiger partial charge in [-0.05, 0) is 25.2 Å². The van der Waals surface area contributed by atoms with Crippen LogP contribution in [0.1, 0.15) is 43.5 Å². The molecule has 2 rings (SSSR count). The van der Waals surface area contributed by atoms with E-state index in [0.717, 1.165) is 32.4 Å². The van der Waals surface area contributed by atoms with Crippen LogP contribution in [0.15, 0.2) is 12.4 Å². The Labute approximate surface area is 153 Å². The van der Waals surface area contributed by atoms with Crippen LogP contribution in [-0.4, -0.2) is 59.3 Å². The molecule has 26 heavy (non-hydrogen) atoms. The number of carbonyl (C=O) groups excluding carboxylic acids is 2. The van der Waals surface area contributed by atoms with Gasteiger partial charge in [0.1, 0.15) is 6.04 Å². The van der Waals surface area contributed by atoms with E-state index in [0.29, 0.717) is 11.9 Å². The molecule has 1 unspecified atom stereocenters. The van der Waals surface area contributed by atoms with Crippen molar-refractivity contribution in [1.82, 2.24) is 20.8 Å². The number of aromatic nitrogens is 2. The Morgan fingerprint density at radius 3 is 2.42 bits per heavy atom. The van der Waals surface area contributed by atoms with Gasteiger partial charge in [-0.25, -0.2) is 15.4 Å². The van der Waals surface area contributed by atoms with E-state index < -0.39 is 5.91 Å². The molecule has 1 saturated heterocycles. The smallest absolute Gasteiger partial charge is 0.322 e. The molecule has 1 aliphatic rings. The minimum absolute atomic E-state index is 0.197. The van der Waals surface area contributed by atoms with E-state index in [9.17, 15) is 9.59 Å². The van der Waals surface area contributed by atoms with E-state index >= 15 is 0 Å². The lowest BCUT2D eigenvalue weighted by molar-refractivity contribution is -0.143. The predicted octanol–water partition coefficient (Wildman–Crippen LogP) is 0.742. The number of amides is 1. The van der Waals surface area contributed by atoms with Crippen LogP contribution in [0, 0.1) is 5.92 Å². The zero-order chi connectivity index (χ0) is 19.1. The number of methoxy groups -OCH3 is 1. The number of carbonyl (C=O) groups is 2. The van der Waals surface area contributed by atoms with Crippen molar-refractivity contribution in [3.63, 3.8) is 0 Å². The molecule has 0 saturated carbocycles. The third kappa shape index (κ3) is 5.37. The second-order valence-electron chi connectivity index (χ2n) is 6.85. The molecule has 1 amide bonds. The fourth-order valence-corrected chi connectivity index (χ4v) is 3.04. The first-order valence-electron chi connectivity index (χ1n) is 8.79. The van der Waals surface area contributed by atoms with Crippen molar-refractivity contribution in [2.24, 2.45) is 5.92 Å². The molecule has 9 nitrogen and oxygen atoms in total. The maximum Gasteiger partial charge on any atom is 0.322 e. The second-order valence-corrected chi connectivity index (χ2v) is 6.85. The normalized spacial score (nSPS) is 16.4. The Morgan fingerprint density at radius 2 is 1.92 bits per heavy atom. The highest BCUT2D eigenvalue weighted by Crippen LogP contribution is 2.17. The van der Waals surface area contributed by atoms with E-state index in [1.165, 1.54) is 19.5 Å². The largest absolute Gasteiger partial charge is 0.468 e. The lowest BCUT2D eigenvalue weighted by Crippen LogP contribution is -2.49. The standard InChI is InChI=1S/C17H27N5O4/c1-11(2)8-14(16(24)26-3)20-13-4-6-22(7-5-13)17-18-9-12(10-19-17)15(23)21-25/h9-11,13-14,20,25H,4-8H2,1-3H3,(H,21,23). The average molecular weight is 365 g/mol. The quantitative estimate of drug-likeness (QED) is 0.368. The van der Waals surface area contributed by atoms with Gasteiger partial charge in [0.2, 0.25) is 5.95 Å². The molecule has 1 aliphatic heterocycles. The Hall–Kier alpha value is -2.26. The molecule has 0 radical (unpaired) electrons. The van der Waals surface area contributed by atoms with Crippen LogP contribution in [0.5, 0.6) is 0 Å².